The third-order valence-corrected chi connectivity index (χ3v) is 4.14. The van der Waals surface area contributed by atoms with Gasteiger partial charge >= 0.3 is 0 Å². The molecular weight excluding hydrogens is 299 g/mol. The molecule has 1 aliphatic heterocycles. The van der Waals surface area contributed by atoms with Crippen LogP contribution in [-0.2, 0) is 11.8 Å². The molecule has 0 radical (unpaired) electrons. The minimum Gasteiger partial charge on any atom is -0.424 e. The number of halogens is 1. The lowest BCUT2D eigenvalue weighted by Crippen LogP contribution is -2.30. The lowest BCUT2D eigenvalue weighted by molar-refractivity contribution is 0.00530. The zero-order valence-electron chi connectivity index (χ0n) is 12.7. The van der Waals surface area contributed by atoms with Gasteiger partial charge in [-0.25, -0.2) is 9.37 Å². The van der Waals surface area contributed by atoms with E-state index in [0.717, 1.165) is 18.5 Å². The average Bonchev–Trinajstić information content (AvgIpc) is 3.12. The minimum atomic E-state index is -0.320. The molecule has 0 spiro atoms. The number of benzene rings is 1. The maximum absolute atomic E-state index is 13.2. The summed E-state index contributed by atoms with van der Waals surface area (Å²) >= 11 is 0. The summed E-state index contributed by atoms with van der Waals surface area (Å²) in [4.78, 5) is 8.44. The normalized spacial score (nSPS) is 21.7. The standard InChI is InChI=1S/C16H17FN4O2/c1-21-9-18-8-13(21)15-7-11(4-5-22-15)19-16-20-12-6-10(17)2-3-14(12)23-16/h2-3,6,8-9,11,15H,4-5,7H2,1H3,(H,19,20)/t11-,15-/m1/s1. The summed E-state index contributed by atoms with van der Waals surface area (Å²) in [5.41, 5.74) is 2.14. The van der Waals surface area contributed by atoms with E-state index in [4.69, 9.17) is 9.15 Å². The van der Waals surface area contributed by atoms with E-state index in [1.807, 2.05) is 17.8 Å². The van der Waals surface area contributed by atoms with Crippen LogP contribution in [0.2, 0.25) is 0 Å². The summed E-state index contributed by atoms with van der Waals surface area (Å²) in [6.07, 6.45) is 5.25. The van der Waals surface area contributed by atoms with Crippen molar-refractivity contribution in [3.05, 3.63) is 42.2 Å². The minimum absolute atomic E-state index is 0.00410. The van der Waals surface area contributed by atoms with Crippen LogP contribution in [0.5, 0.6) is 0 Å². The van der Waals surface area contributed by atoms with E-state index in [-0.39, 0.29) is 18.0 Å². The van der Waals surface area contributed by atoms with E-state index in [1.165, 1.54) is 12.1 Å². The second kappa shape index (κ2) is 5.66. The fourth-order valence-corrected chi connectivity index (χ4v) is 2.95. The quantitative estimate of drug-likeness (QED) is 0.804. The van der Waals surface area contributed by atoms with E-state index in [0.29, 0.717) is 23.7 Å². The monoisotopic (exact) mass is 316 g/mol. The van der Waals surface area contributed by atoms with Gasteiger partial charge in [0.05, 0.1) is 18.2 Å². The van der Waals surface area contributed by atoms with Gasteiger partial charge in [-0.2, -0.15) is 4.98 Å². The van der Waals surface area contributed by atoms with Crippen LogP contribution in [0.3, 0.4) is 0 Å². The zero-order valence-corrected chi connectivity index (χ0v) is 12.7. The maximum atomic E-state index is 13.2. The van der Waals surface area contributed by atoms with E-state index in [1.54, 1.807) is 12.4 Å². The van der Waals surface area contributed by atoms with Gasteiger partial charge in [0.1, 0.15) is 17.4 Å². The van der Waals surface area contributed by atoms with Crippen LogP contribution in [0.25, 0.3) is 11.1 Å². The second-order valence-electron chi connectivity index (χ2n) is 5.79. The number of hydrogen-bond acceptors (Lipinski definition) is 5. The molecular formula is C16H17FN4O2. The van der Waals surface area contributed by atoms with Crippen LogP contribution in [0, 0.1) is 5.82 Å². The molecule has 3 aromatic rings. The lowest BCUT2D eigenvalue weighted by atomic mass is 10.0. The third kappa shape index (κ3) is 2.79. The molecule has 2 atom stereocenters. The van der Waals surface area contributed by atoms with Crippen molar-refractivity contribution in [3.8, 4) is 0 Å². The first-order chi connectivity index (χ1) is 11.2. The van der Waals surface area contributed by atoms with Crippen LogP contribution in [0.4, 0.5) is 10.4 Å². The molecule has 0 amide bonds. The molecule has 120 valence electrons. The highest BCUT2D eigenvalue weighted by atomic mass is 19.1. The number of hydrogen-bond donors (Lipinski definition) is 1. The topological polar surface area (TPSA) is 65.1 Å². The Labute approximate surface area is 132 Å². The third-order valence-electron chi connectivity index (χ3n) is 4.14. The molecule has 23 heavy (non-hydrogen) atoms. The Bertz CT molecular complexity index is 828. The predicted molar refractivity (Wildman–Crippen MR) is 82.5 cm³/mol. The van der Waals surface area contributed by atoms with Gasteiger partial charge in [0.25, 0.3) is 6.01 Å². The van der Waals surface area contributed by atoms with Crippen LogP contribution < -0.4 is 5.32 Å². The van der Waals surface area contributed by atoms with Crippen molar-refractivity contribution in [2.45, 2.75) is 25.0 Å². The number of nitrogens with one attached hydrogen (secondary N) is 1. The smallest absolute Gasteiger partial charge is 0.295 e. The fourth-order valence-electron chi connectivity index (χ4n) is 2.95. The van der Waals surface area contributed by atoms with Gasteiger partial charge < -0.3 is 19.0 Å². The number of aromatic nitrogens is 3. The summed E-state index contributed by atoms with van der Waals surface area (Å²) in [5.74, 6) is -0.320. The number of nitrogens with zero attached hydrogens (tertiary/aromatic N) is 3. The Morgan fingerprint density at radius 3 is 3.13 bits per heavy atom. The van der Waals surface area contributed by atoms with Crippen molar-refractivity contribution in [2.75, 3.05) is 11.9 Å². The predicted octanol–water partition coefficient (Wildman–Crippen LogP) is 3.03. The van der Waals surface area contributed by atoms with Gasteiger partial charge in [-0.1, -0.05) is 0 Å². The summed E-state index contributed by atoms with van der Waals surface area (Å²) < 4.78 is 26.7. The molecule has 0 aliphatic carbocycles. The zero-order chi connectivity index (χ0) is 15.8. The lowest BCUT2D eigenvalue weighted by Gasteiger charge is -2.29. The summed E-state index contributed by atoms with van der Waals surface area (Å²) in [5, 5.41) is 3.29. The number of oxazole rings is 1. The highest BCUT2D eigenvalue weighted by molar-refractivity contribution is 5.74. The molecule has 3 heterocycles. The Morgan fingerprint density at radius 1 is 1.39 bits per heavy atom. The van der Waals surface area contributed by atoms with E-state index in [9.17, 15) is 4.39 Å². The molecule has 1 saturated heterocycles. The highest BCUT2D eigenvalue weighted by Gasteiger charge is 2.26. The average molecular weight is 316 g/mol. The number of rotatable bonds is 3. The van der Waals surface area contributed by atoms with Crippen molar-refractivity contribution in [3.63, 3.8) is 0 Å². The Balaban J connectivity index is 1.50. The summed E-state index contributed by atoms with van der Waals surface area (Å²) in [7, 11) is 1.96. The largest absolute Gasteiger partial charge is 0.424 e. The van der Waals surface area contributed by atoms with Crippen LogP contribution in [-0.4, -0.2) is 27.2 Å². The Kier molecular flexibility index (Phi) is 3.49. The summed E-state index contributed by atoms with van der Waals surface area (Å²) in [6.45, 7) is 0.655. The molecule has 2 aromatic heterocycles. The molecule has 7 heteroatoms. The molecule has 1 aliphatic rings. The number of anilines is 1. The Morgan fingerprint density at radius 2 is 2.30 bits per heavy atom. The molecule has 1 fully saturated rings. The van der Waals surface area contributed by atoms with Gasteiger partial charge in [-0.15, -0.1) is 0 Å². The van der Waals surface area contributed by atoms with Gasteiger partial charge in [0.2, 0.25) is 0 Å². The van der Waals surface area contributed by atoms with Gasteiger partial charge in [-0.05, 0) is 25.0 Å². The van der Waals surface area contributed by atoms with Crippen molar-refractivity contribution in [1.29, 1.82) is 0 Å². The van der Waals surface area contributed by atoms with Gasteiger partial charge in [0.15, 0.2) is 5.58 Å². The van der Waals surface area contributed by atoms with Crippen molar-refractivity contribution >= 4 is 17.1 Å². The number of fused-ring (bicyclic) bond motifs is 1. The highest BCUT2D eigenvalue weighted by Crippen LogP contribution is 2.30. The number of imidazole rings is 1. The first-order valence-electron chi connectivity index (χ1n) is 7.59. The van der Waals surface area contributed by atoms with E-state index in [2.05, 4.69) is 15.3 Å². The first-order valence-corrected chi connectivity index (χ1v) is 7.59. The second-order valence-corrected chi connectivity index (χ2v) is 5.79. The van der Waals surface area contributed by atoms with E-state index < -0.39 is 0 Å². The maximum Gasteiger partial charge on any atom is 0.295 e. The van der Waals surface area contributed by atoms with Crippen LogP contribution in [0.1, 0.15) is 24.6 Å². The SMILES string of the molecule is Cn1cncc1[C@H]1C[C@H](Nc2nc3cc(F)ccc3o2)CCO1. The molecule has 1 aromatic carbocycles. The Hall–Kier alpha value is -2.41. The number of aryl methyl sites for hydroxylation is 1. The van der Waals surface area contributed by atoms with Crippen LogP contribution >= 0.6 is 0 Å². The fraction of sp³-hybridized carbons (Fsp3) is 0.375. The van der Waals surface area contributed by atoms with Gasteiger partial charge in [-0.3, -0.25) is 0 Å². The van der Waals surface area contributed by atoms with Crippen LogP contribution in [0.15, 0.2) is 35.1 Å². The molecule has 0 unspecified atom stereocenters. The van der Waals surface area contributed by atoms with Gasteiger partial charge in [0, 0.05) is 25.8 Å². The molecule has 4 rings (SSSR count). The molecule has 1 N–H and O–H groups in total. The summed E-state index contributed by atoms with van der Waals surface area (Å²) in [6, 6.07) is 4.92. The molecule has 0 saturated carbocycles. The first kappa shape index (κ1) is 14.2. The van der Waals surface area contributed by atoms with E-state index >= 15 is 0 Å². The van der Waals surface area contributed by atoms with Crippen molar-refractivity contribution < 1.29 is 13.5 Å². The van der Waals surface area contributed by atoms with Crippen molar-refractivity contribution in [1.82, 2.24) is 14.5 Å². The number of ether oxygens (including phenoxy) is 1. The molecule has 6 nitrogen and oxygen atoms in total. The van der Waals surface area contributed by atoms with Crippen molar-refractivity contribution in [2.24, 2.45) is 7.05 Å². The molecule has 0 bridgehead atoms.